The number of hydrogen-bond donors (Lipinski definition) is 0. The lowest BCUT2D eigenvalue weighted by Crippen LogP contribution is -2.17. The number of carbonyl (C=O) groups excluding carboxylic acids is 1. The van der Waals surface area contributed by atoms with E-state index in [0.29, 0.717) is 17.3 Å². The van der Waals surface area contributed by atoms with Crippen LogP contribution < -0.4 is 0 Å². The van der Waals surface area contributed by atoms with Gasteiger partial charge in [-0.1, -0.05) is 11.3 Å². The molecule has 0 aromatic carbocycles. The van der Waals surface area contributed by atoms with Gasteiger partial charge in [-0.15, -0.1) is 5.10 Å². The average Bonchev–Trinajstić information content (AvgIpc) is 3.10. The summed E-state index contributed by atoms with van der Waals surface area (Å²) < 4.78 is 3.58. The quantitative estimate of drug-likeness (QED) is 0.548. The minimum absolute atomic E-state index is 0.0839. The van der Waals surface area contributed by atoms with Crippen LogP contribution in [0.2, 0.25) is 0 Å². The molecule has 22 heavy (non-hydrogen) atoms. The van der Waals surface area contributed by atoms with E-state index in [1.54, 1.807) is 16.8 Å². The van der Waals surface area contributed by atoms with Gasteiger partial charge >= 0.3 is 0 Å². The Morgan fingerprint density at radius 2 is 2.23 bits per heavy atom. The molecule has 1 fully saturated rings. The first-order valence-electron chi connectivity index (χ1n) is 7.38. The van der Waals surface area contributed by atoms with Crippen molar-refractivity contribution in [2.24, 2.45) is 0 Å². The maximum Gasteiger partial charge on any atom is 0.189 e. The Morgan fingerprint density at radius 1 is 1.32 bits per heavy atom. The molecule has 0 aliphatic heterocycles. The maximum atomic E-state index is 12.3. The van der Waals surface area contributed by atoms with Crippen LogP contribution in [0.25, 0.3) is 11.6 Å². The normalized spacial score (nSPS) is 15.5. The lowest BCUT2D eigenvalue weighted by atomic mass is 9.93. The van der Waals surface area contributed by atoms with E-state index in [0.717, 1.165) is 18.4 Å². The summed E-state index contributed by atoms with van der Waals surface area (Å²) in [5, 5.41) is 12.4. The van der Waals surface area contributed by atoms with Crippen LogP contribution in [0, 0.1) is 0 Å². The molecule has 0 bridgehead atoms. The highest BCUT2D eigenvalue weighted by Gasteiger charge is 2.20. The summed E-state index contributed by atoms with van der Waals surface area (Å²) in [6, 6.07) is 6.12. The van der Waals surface area contributed by atoms with E-state index >= 15 is 0 Å². The first-order chi connectivity index (χ1) is 10.8. The van der Waals surface area contributed by atoms with Gasteiger partial charge in [0, 0.05) is 6.20 Å². The summed E-state index contributed by atoms with van der Waals surface area (Å²) in [5.74, 6) is -0.0839. The summed E-state index contributed by atoms with van der Waals surface area (Å²) in [6.07, 6.45) is 12.1. The van der Waals surface area contributed by atoms with Gasteiger partial charge in [0.1, 0.15) is 5.69 Å². The van der Waals surface area contributed by atoms with Crippen LogP contribution in [0.15, 0.2) is 42.9 Å². The van der Waals surface area contributed by atoms with Gasteiger partial charge in [0.2, 0.25) is 0 Å². The van der Waals surface area contributed by atoms with Crippen LogP contribution in [-0.4, -0.2) is 30.4 Å². The molecular weight excluding hydrogens is 278 g/mol. The molecule has 3 aromatic heterocycles. The lowest BCUT2D eigenvalue weighted by Gasteiger charge is -2.24. The van der Waals surface area contributed by atoms with E-state index in [2.05, 4.69) is 15.4 Å². The van der Waals surface area contributed by atoms with Gasteiger partial charge < -0.3 is 0 Å². The number of hydrogen-bond acceptors (Lipinski definition) is 4. The third kappa shape index (κ3) is 2.22. The molecule has 0 saturated heterocycles. The molecule has 110 valence electrons. The van der Waals surface area contributed by atoms with Crippen molar-refractivity contribution in [3.8, 4) is 0 Å². The van der Waals surface area contributed by atoms with E-state index in [-0.39, 0.29) is 5.78 Å². The van der Waals surface area contributed by atoms with Crippen molar-refractivity contribution in [2.45, 2.75) is 25.3 Å². The molecule has 1 aliphatic rings. The van der Waals surface area contributed by atoms with Gasteiger partial charge in [-0.25, -0.2) is 9.20 Å². The van der Waals surface area contributed by atoms with Crippen molar-refractivity contribution in [3.63, 3.8) is 0 Å². The summed E-state index contributed by atoms with van der Waals surface area (Å²) in [7, 11) is 0. The van der Waals surface area contributed by atoms with Crippen LogP contribution in [0.3, 0.4) is 0 Å². The highest BCUT2D eigenvalue weighted by atomic mass is 16.1. The number of aromatic nitrogens is 5. The standard InChI is InChI=1S/C16H15N5O/c22-16(14-10-17-20-9-2-1-6-15(14)20)8-7-12-11-21(19-18-12)13-4-3-5-13/h1-2,6-11,13H,3-5H2/b8-7+. The zero-order chi connectivity index (χ0) is 14.9. The Labute approximate surface area is 127 Å². The molecule has 0 atom stereocenters. The molecular formula is C16H15N5O. The second kappa shape index (κ2) is 5.22. The Hall–Kier alpha value is -2.76. The Morgan fingerprint density at radius 3 is 3.05 bits per heavy atom. The summed E-state index contributed by atoms with van der Waals surface area (Å²) >= 11 is 0. The Balaban J connectivity index is 1.54. The molecule has 6 heteroatoms. The van der Waals surface area contributed by atoms with Gasteiger partial charge in [-0.05, 0) is 43.5 Å². The molecule has 6 nitrogen and oxygen atoms in total. The fraction of sp³-hybridized carbons (Fsp3) is 0.250. The van der Waals surface area contributed by atoms with Crippen molar-refractivity contribution in [1.29, 1.82) is 0 Å². The Bertz CT molecular complexity index is 856. The number of fused-ring (bicyclic) bond motifs is 1. The Kier molecular flexibility index (Phi) is 3.07. The lowest BCUT2D eigenvalue weighted by molar-refractivity contribution is 0.104. The van der Waals surface area contributed by atoms with E-state index < -0.39 is 0 Å². The third-order valence-electron chi connectivity index (χ3n) is 4.07. The minimum atomic E-state index is -0.0839. The average molecular weight is 293 g/mol. The molecule has 0 radical (unpaired) electrons. The van der Waals surface area contributed by atoms with Crippen molar-refractivity contribution < 1.29 is 4.79 Å². The minimum Gasteiger partial charge on any atom is -0.289 e. The molecule has 1 aliphatic carbocycles. The van der Waals surface area contributed by atoms with Gasteiger partial charge in [0.25, 0.3) is 0 Å². The fourth-order valence-electron chi connectivity index (χ4n) is 2.57. The maximum absolute atomic E-state index is 12.3. The number of rotatable bonds is 4. The second-order valence-corrected chi connectivity index (χ2v) is 5.49. The van der Waals surface area contributed by atoms with E-state index in [9.17, 15) is 4.79 Å². The third-order valence-corrected chi connectivity index (χ3v) is 4.07. The predicted molar refractivity (Wildman–Crippen MR) is 81.5 cm³/mol. The molecule has 0 spiro atoms. The number of pyridine rings is 1. The van der Waals surface area contributed by atoms with E-state index in [1.165, 1.54) is 12.5 Å². The highest BCUT2D eigenvalue weighted by molar-refractivity contribution is 6.10. The largest absolute Gasteiger partial charge is 0.289 e. The number of carbonyl (C=O) groups is 1. The molecule has 3 heterocycles. The molecule has 0 amide bonds. The van der Waals surface area contributed by atoms with Gasteiger partial charge in [0.05, 0.1) is 29.5 Å². The predicted octanol–water partition coefficient (Wildman–Crippen LogP) is 2.55. The van der Waals surface area contributed by atoms with Crippen LogP contribution in [0.4, 0.5) is 0 Å². The number of nitrogens with zero attached hydrogens (tertiary/aromatic N) is 5. The first kappa shape index (κ1) is 12.9. The van der Waals surface area contributed by atoms with Crippen molar-refractivity contribution >= 4 is 17.4 Å². The zero-order valence-corrected chi connectivity index (χ0v) is 12.0. The molecule has 4 rings (SSSR count). The summed E-state index contributed by atoms with van der Waals surface area (Å²) in [6.45, 7) is 0. The van der Waals surface area contributed by atoms with Crippen molar-refractivity contribution in [2.75, 3.05) is 0 Å². The topological polar surface area (TPSA) is 65.1 Å². The molecule has 0 N–H and O–H groups in total. The van der Waals surface area contributed by atoms with Gasteiger partial charge in [0.15, 0.2) is 5.78 Å². The smallest absolute Gasteiger partial charge is 0.189 e. The second-order valence-electron chi connectivity index (χ2n) is 5.49. The van der Waals surface area contributed by atoms with Crippen molar-refractivity contribution in [1.82, 2.24) is 24.6 Å². The molecule has 0 unspecified atom stereocenters. The highest BCUT2D eigenvalue weighted by Crippen LogP contribution is 2.30. The van der Waals surface area contributed by atoms with Crippen LogP contribution in [-0.2, 0) is 0 Å². The van der Waals surface area contributed by atoms with Crippen LogP contribution in [0.5, 0.6) is 0 Å². The summed E-state index contributed by atoms with van der Waals surface area (Å²) in [4.78, 5) is 12.3. The molecule has 1 saturated carbocycles. The van der Waals surface area contributed by atoms with E-state index in [4.69, 9.17) is 0 Å². The first-order valence-corrected chi connectivity index (χ1v) is 7.38. The monoisotopic (exact) mass is 293 g/mol. The number of allylic oxidation sites excluding steroid dienone is 1. The van der Waals surface area contributed by atoms with Gasteiger partial charge in [-0.2, -0.15) is 5.10 Å². The van der Waals surface area contributed by atoms with Crippen molar-refractivity contribution in [3.05, 3.63) is 54.1 Å². The van der Waals surface area contributed by atoms with Crippen LogP contribution >= 0.6 is 0 Å². The van der Waals surface area contributed by atoms with Gasteiger partial charge in [-0.3, -0.25) is 4.79 Å². The zero-order valence-electron chi connectivity index (χ0n) is 12.0. The van der Waals surface area contributed by atoms with Crippen LogP contribution in [0.1, 0.15) is 41.4 Å². The SMILES string of the molecule is O=C(/C=C/c1cn(C2CCC2)nn1)c1cnn2ccccc12. The molecule has 3 aromatic rings. The summed E-state index contributed by atoms with van der Waals surface area (Å²) in [5.41, 5.74) is 2.09. The fourth-order valence-corrected chi connectivity index (χ4v) is 2.57. The number of ketones is 1. The van der Waals surface area contributed by atoms with E-state index in [1.807, 2.05) is 35.3 Å².